The highest BCUT2D eigenvalue weighted by Gasteiger charge is 2.14. The number of hydrogen-bond acceptors (Lipinski definition) is 2. The van der Waals surface area contributed by atoms with E-state index in [9.17, 15) is 4.79 Å². The van der Waals surface area contributed by atoms with Gasteiger partial charge in [0.2, 0.25) is 0 Å². The van der Waals surface area contributed by atoms with Crippen LogP contribution < -0.4 is 15.0 Å². The highest BCUT2D eigenvalue weighted by molar-refractivity contribution is 6.30. The van der Waals surface area contributed by atoms with Crippen molar-refractivity contribution in [1.82, 2.24) is 0 Å². The Morgan fingerprint density at radius 3 is 2.46 bits per heavy atom. The monoisotopic (exact) mass is 347 g/mol. The number of amides is 1. The molecule has 2 N–H and O–H groups in total. The van der Waals surface area contributed by atoms with E-state index in [4.69, 9.17) is 16.3 Å². The van der Waals surface area contributed by atoms with Gasteiger partial charge in [-0.05, 0) is 55.3 Å². The summed E-state index contributed by atoms with van der Waals surface area (Å²) in [7, 11) is 3.61. The highest BCUT2D eigenvalue weighted by atomic mass is 35.5. The van der Waals surface area contributed by atoms with E-state index in [-0.39, 0.29) is 5.91 Å². The second kappa shape index (κ2) is 8.18. The molecule has 1 unspecified atom stereocenters. The second-order valence-electron chi connectivity index (χ2n) is 6.19. The van der Waals surface area contributed by atoms with Crippen LogP contribution in [0.4, 0.5) is 5.69 Å². The number of likely N-dealkylation sites (N-methyl/N-ethyl adjacent to an activating group) is 1. The lowest BCUT2D eigenvalue weighted by molar-refractivity contribution is -0.885. The van der Waals surface area contributed by atoms with Gasteiger partial charge in [-0.25, -0.2) is 0 Å². The lowest BCUT2D eigenvalue weighted by Gasteiger charge is -2.16. The fourth-order valence-corrected chi connectivity index (χ4v) is 2.99. The second-order valence-corrected chi connectivity index (χ2v) is 6.63. The van der Waals surface area contributed by atoms with Gasteiger partial charge in [-0.3, -0.25) is 4.79 Å². The molecule has 0 heterocycles. The normalized spacial score (nSPS) is 11.9. The molecule has 0 spiro atoms. The van der Waals surface area contributed by atoms with Crippen LogP contribution in [0.15, 0.2) is 36.4 Å². The molecule has 0 aromatic heterocycles. The highest BCUT2D eigenvalue weighted by Crippen LogP contribution is 2.21. The molecule has 2 aromatic rings. The smallest absolute Gasteiger partial charge is 0.279 e. The van der Waals surface area contributed by atoms with Gasteiger partial charge in [0.15, 0.2) is 6.54 Å². The fraction of sp³-hybridized carbons (Fsp3) is 0.316. The number of nitrogens with one attached hydrogen (secondary N) is 2. The number of anilines is 1. The van der Waals surface area contributed by atoms with Crippen molar-refractivity contribution in [2.45, 2.75) is 20.4 Å². The molecule has 0 saturated heterocycles. The zero-order chi connectivity index (χ0) is 17.7. The predicted octanol–water partition coefficient (Wildman–Crippen LogP) is 2.62. The Labute approximate surface area is 148 Å². The van der Waals surface area contributed by atoms with Crippen molar-refractivity contribution < 1.29 is 14.4 Å². The summed E-state index contributed by atoms with van der Waals surface area (Å²) in [6.45, 7) is 5.06. The van der Waals surface area contributed by atoms with Crippen molar-refractivity contribution in [3.05, 3.63) is 58.1 Å². The standard InChI is InChI=1S/C19H23ClN2O2/c1-13-7-14(2)9-17(8-13)21-19(23)12-22(3)11-15-10-16(20)5-6-18(15)24-4/h5-10H,11-12H2,1-4H3,(H,21,23)/p+1. The number of carbonyl (C=O) groups excluding carboxylic acids is 1. The Morgan fingerprint density at radius 2 is 1.83 bits per heavy atom. The zero-order valence-corrected chi connectivity index (χ0v) is 15.3. The molecule has 0 aliphatic carbocycles. The third kappa shape index (κ3) is 5.25. The van der Waals surface area contributed by atoms with Crippen LogP contribution >= 0.6 is 11.6 Å². The Hall–Kier alpha value is -2.04. The number of quaternary nitrogens is 1. The van der Waals surface area contributed by atoms with Crippen LogP contribution in [0.1, 0.15) is 16.7 Å². The van der Waals surface area contributed by atoms with E-state index in [1.807, 2.05) is 45.2 Å². The summed E-state index contributed by atoms with van der Waals surface area (Å²) in [5.41, 5.74) is 4.09. The van der Waals surface area contributed by atoms with Gasteiger partial charge in [0.25, 0.3) is 5.91 Å². The first-order valence-corrected chi connectivity index (χ1v) is 8.27. The summed E-state index contributed by atoms with van der Waals surface area (Å²) in [6, 6.07) is 11.6. The van der Waals surface area contributed by atoms with Crippen LogP contribution in [0.25, 0.3) is 0 Å². The first-order valence-electron chi connectivity index (χ1n) is 7.89. The molecule has 128 valence electrons. The average Bonchev–Trinajstić information content (AvgIpc) is 2.45. The largest absolute Gasteiger partial charge is 0.496 e. The van der Waals surface area contributed by atoms with Crippen LogP contribution in [-0.2, 0) is 11.3 Å². The number of hydrogen-bond donors (Lipinski definition) is 2. The van der Waals surface area contributed by atoms with Crippen molar-refractivity contribution >= 4 is 23.2 Å². The van der Waals surface area contributed by atoms with Crippen LogP contribution in [0.3, 0.4) is 0 Å². The Bertz CT molecular complexity index is 711. The van der Waals surface area contributed by atoms with Gasteiger partial charge in [-0.15, -0.1) is 0 Å². The molecule has 2 rings (SSSR count). The van der Waals surface area contributed by atoms with E-state index in [1.165, 1.54) is 0 Å². The van der Waals surface area contributed by atoms with Gasteiger partial charge in [-0.1, -0.05) is 17.7 Å². The van der Waals surface area contributed by atoms with E-state index < -0.39 is 0 Å². The molecule has 1 atom stereocenters. The lowest BCUT2D eigenvalue weighted by atomic mass is 10.1. The minimum Gasteiger partial charge on any atom is -0.496 e. The summed E-state index contributed by atoms with van der Waals surface area (Å²) in [5.74, 6) is 0.770. The van der Waals surface area contributed by atoms with Gasteiger partial charge >= 0.3 is 0 Å². The van der Waals surface area contributed by atoms with Gasteiger partial charge < -0.3 is 15.0 Å². The fourth-order valence-electron chi connectivity index (χ4n) is 2.80. The molecule has 4 nitrogen and oxygen atoms in total. The van der Waals surface area contributed by atoms with Crippen LogP contribution in [0.5, 0.6) is 5.75 Å². The Kier molecular flexibility index (Phi) is 6.23. The summed E-state index contributed by atoms with van der Waals surface area (Å²) < 4.78 is 5.36. The molecule has 0 aliphatic heterocycles. The molecule has 0 fully saturated rings. The van der Waals surface area contributed by atoms with Crippen molar-refractivity contribution in [2.24, 2.45) is 0 Å². The molecule has 24 heavy (non-hydrogen) atoms. The molecular weight excluding hydrogens is 324 g/mol. The van der Waals surface area contributed by atoms with Crippen molar-refractivity contribution in [3.63, 3.8) is 0 Å². The maximum atomic E-state index is 12.3. The summed E-state index contributed by atoms with van der Waals surface area (Å²) in [6.07, 6.45) is 0. The van der Waals surface area contributed by atoms with Crippen LogP contribution in [-0.4, -0.2) is 26.6 Å². The third-order valence-electron chi connectivity index (χ3n) is 3.70. The van der Waals surface area contributed by atoms with Crippen molar-refractivity contribution in [1.29, 1.82) is 0 Å². The zero-order valence-electron chi connectivity index (χ0n) is 14.6. The molecule has 5 heteroatoms. The Morgan fingerprint density at radius 1 is 1.17 bits per heavy atom. The van der Waals surface area contributed by atoms with E-state index >= 15 is 0 Å². The summed E-state index contributed by atoms with van der Waals surface area (Å²) >= 11 is 6.06. The number of carbonyl (C=O) groups is 1. The van der Waals surface area contributed by atoms with E-state index in [2.05, 4.69) is 11.4 Å². The first kappa shape index (κ1) is 18.3. The molecule has 0 saturated carbocycles. The first-order chi connectivity index (χ1) is 11.4. The third-order valence-corrected chi connectivity index (χ3v) is 3.94. The van der Waals surface area contributed by atoms with Gasteiger partial charge in [0.05, 0.1) is 14.2 Å². The minimum absolute atomic E-state index is 0.0153. The average molecular weight is 348 g/mol. The van der Waals surface area contributed by atoms with E-state index in [0.717, 1.165) is 33.0 Å². The number of ether oxygens (including phenoxy) is 1. The van der Waals surface area contributed by atoms with E-state index in [0.29, 0.717) is 18.1 Å². The maximum Gasteiger partial charge on any atom is 0.279 e. The van der Waals surface area contributed by atoms with Crippen molar-refractivity contribution in [2.75, 3.05) is 26.0 Å². The summed E-state index contributed by atoms with van der Waals surface area (Å²) in [5, 5.41) is 3.63. The lowest BCUT2D eigenvalue weighted by Crippen LogP contribution is -3.08. The molecule has 0 radical (unpaired) electrons. The number of benzene rings is 2. The quantitative estimate of drug-likeness (QED) is 0.843. The van der Waals surface area contributed by atoms with Crippen molar-refractivity contribution in [3.8, 4) is 5.75 Å². The number of methoxy groups -OCH3 is 1. The topological polar surface area (TPSA) is 42.8 Å². The Balaban J connectivity index is 1.98. The van der Waals surface area contributed by atoms with E-state index in [1.54, 1.807) is 13.2 Å². The maximum absolute atomic E-state index is 12.3. The minimum atomic E-state index is -0.0153. The van der Waals surface area contributed by atoms with Crippen LogP contribution in [0, 0.1) is 13.8 Å². The SMILES string of the molecule is COc1ccc(Cl)cc1C[NH+](C)CC(=O)Nc1cc(C)cc(C)c1. The molecule has 0 aliphatic rings. The molecular formula is C19H24ClN2O2+. The predicted molar refractivity (Wildman–Crippen MR) is 98.0 cm³/mol. The van der Waals surface area contributed by atoms with Crippen LogP contribution in [0.2, 0.25) is 5.02 Å². The van der Waals surface area contributed by atoms with Gasteiger partial charge in [-0.2, -0.15) is 0 Å². The number of rotatable bonds is 6. The number of aryl methyl sites for hydroxylation is 2. The molecule has 1 amide bonds. The van der Waals surface area contributed by atoms with Gasteiger partial charge in [0.1, 0.15) is 12.3 Å². The summed E-state index contributed by atoms with van der Waals surface area (Å²) in [4.78, 5) is 13.3. The molecule has 2 aromatic carbocycles. The number of halogens is 1. The van der Waals surface area contributed by atoms with Gasteiger partial charge in [0, 0.05) is 16.3 Å². The molecule has 0 bridgehead atoms.